The molecule has 1 aliphatic rings. The molecule has 1 atom stereocenters. The van der Waals surface area contributed by atoms with E-state index in [1.807, 2.05) is 58.9 Å². The van der Waals surface area contributed by atoms with Gasteiger partial charge in [-0.3, -0.25) is 4.79 Å². The maximum atomic E-state index is 12.8. The highest BCUT2D eigenvalue weighted by Crippen LogP contribution is 2.27. The molecule has 0 saturated carbocycles. The summed E-state index contributed by atoms with van der Waals surface area (Å²) in [6, 6.07) is 7.88. The lowest BCUT2D eigenvalue weighted by Crippen LogP contribution is -2.32. The summed E-state index contributed by atoms with van der Waals surface area (Å²) in [5, 5.41) is 0. The Labute approximate surface area is 149 Å². The van der Waals surface area contributed by atoms with Crippen molar-refractivity contribution in [3.8, 4) is 5.75 Å². The van der Waals surface area contributed by atoms with Gasteiger partial charge in [0, 0.05) is 45.5 Å². The number of carbonyl (C=O) groups is 1. The van der Waals surface area contributed by atoms with Crippen molar-refractivity contribution in [3.63, 3.8) is 0 Å². The van der Waals surface area contributed by atoms with Crippen LogP contribution in [0.1, 0.15) is 36.8 Å². The van der Waals surface area contributed by atoms with E-state index in [9.17, 15) is 4.79 Å². The molecule has 0 spiro atoms. The molecule has 0 unspecified atom stereocenters. The molecule has 1 fully saturated rings. The minimum absolute atomic E-state index is 0.00527. The van der Waals surface area contributed by atoms with Crippen LogP contribution >= 0.6 is 0 Å². The van der Waals surface area contributed by atoms with E-state index in [0.717, 1.165) is 23.7 Å². The molecule has 0 aromatic carbocycles. The van der Waals surface area contributed by atoms with Crippen LogP contribution in [0.25, 0.3) is 0 Å². The topological polar surface area (TPSA) is 50.6 Å². The van der Waals surface area contributed by atoms with Crippen molar-refractivity contribution in [1.29, 1.82) is 0 Å². The summed E-state index contributed by atoms with van der Waals surface area (Å²) in [5.41, 5.74) is 0.742. The van der Waals surface area contributed by atoms with Crippen LogP contribution in [0, 0.1) is 0 Å². The molecule has 25 heavy (non-hydrogen) atoms. The summed E-state index contributed by atoms with van der Waals surface area (Å²) < 4.78 is 8.15. The zero-order valence-electron chi connectivity index (χ0n) is 15.3. The van der Waals surface area contributed by atoms with E-state index in [4.69, 9.17) is 4.74 Å². The Morgan fingerprint density at radius 1 is 1.32 bits per heavy atom. The number of hydrogen-bond acceptors (Lipinski definition) is 4. The maximum absolute atomic E-state index is 12.8. The molecule has 6 nitrogen and oxygen atoms in total. The predicted octanol–water partition coefficient (Wildman–Crippen LogP) is 2.82. The summed E-state index contributed by atoms with van der Waals surface area (Å²) in [7, 11) is 3.89. The number of likely N-dealkylation sites (tertiary alicyclic amines) is 1. The summed E-state index contributed by atoms with van der Waals surface area (Å²) in [4.78, 5) is 21.0. The molecule has 0 radical (unpaired) electrons. The highest BCUT2D eigenvalue weighted by Gasteiger charge is 2.30. The first-order valence-electron chi connectivity index (χ1n) is 8.72. The lowest BCUT2D eigenvalue weighted by Gasteiger charge is -2.21. The summed E-state index contributed by atoms with van der Waals surface area (Å²) in [6.45, 7) is 5.48. The Kier molecular flexibility index (Phi) is 4.97. The van der Waals surface area contributed by atoms with Crippen LogP contribution in [0.2, 0.25) is 0 Å². The van der Waals surface area contributed by atoms with E-state index in [1.54, 1.807) is 6.20 Å². The molecule has 0 N–H and O–H groups in total. The number of ether oxygens (including phenoxy) is 1. The Bertz CT molecular complexity index is 739. The largest absolute Gasteiger partial charge is 0.485 e. The number of nitrogens with zero attached hydrogens (tertiary/aromatic N) is 4. The third kappa shape index (κ3) is 3.62. The van der Waals surface area contributed by atoms with Gasteiger partial charge in [-0.25, -0.2) is 4.98 Å². The van der Waals surface area contributed by atoms with E-state index >= 15 is 0 Å². The monoisotopic (exact) mass is 342 g/mol. The van der Waals surface area contributed by atoms with Gasteiger partial charge in [0.1, 0.15) is 11.8 Å². The quantitative estimate of drug-likeness (QED) is 0.838. The van der Waals surface area contributed by atoms with Crippen molar-refractivity contribution < 1.29 is 9.53 Å². The van der Waals surface area contributed by atoms with Gasteiger partial charge in [0.25, 0.3) is 5.91 Å². The van der Waals surface area contributed by atoms with Crippen molar-refractivity contribution in [2.24, 2.45) is 0 Å². The smallest absolute Gasteiger partial charge is 0.270 e. The van der Waals surface area contributed by atoms with Crippen molar-refractivity contribution in [2.45, 2.75) is 32.4 Å². The maximum Gasteiger partial charge on any atom is 0.270 e. The van der Waals surface area contributed by atoms with Crippen molar-refractivity contribution in [1.82, 2.24) is 14.5 Å². The summed E-state index contributed by atoms with van der Waals surface area (Å²) >= 11 is 0. The van der Waals surface area contributed by atoms with Crippen LogP contribution in [0.15, 0.2) is 36.7 Å². The molecule has 1 aliphatic heterocycles. The van der Waals surface area contributed by atoms with Gasteiger partial charge in [-0.05, 0) is 38.1 Å². The first-order valence-corrected chi connectivity index (χ1v) is 8.72. The fraction of sp³-hybridized carbons (Fsp3) is 0.474. The van der Waals surface area contributed by atoms with E-state index in [1.165, 1.54) is 0 Å². The molecule has 1 saturated heterocycles. The molecule has 2 aromatic heterocycles. The van der Waals surface area contributed by atoms with Gasteiger partial charge in [0.2, 0.25) is 0 Å². The molecular formula is C19H26N4O2. The van der Waals surface area contributed by atoms with Gasteiger partial charge < -0.3 is 19.1 Å². The Balaban J connectivity index is 1.68. The van der Waals surface area contributed by atoms with Crippen LogP contribution in [0.3, 0.4) is 0 Å². The number of rotatable bonds is 5. The lowest BCUT2D eigenvalue weighted by molar-refractivity contribution is 0.0760. The zero-order chi connectivity index (χ0) is 18.0. The second-order valence-corrected chi connectivity index (χ2v) is 6.89. The number of anilines is 1. The van der Waals surface area contributed by atoms with E-state index in [0.29, 0.717) is 13.1 Å². The summed E-state index contributed by atoms with van der Waals surface area (Å²) in [6.07, 6.45) is 4.54. The SMILES string of the molecule is CC(C)n1cccc1C(=O)N1CC[C@@H](Oc2cccnc2N(C)C)C1. The van der Waals surface area contributed by atoms with Crippen LogP contribution in [-0.4, -0.2) is 53.6 Å². The first kappa shape index (κ1) is 17.3. The van der Waals surface area contributed by atoms with Gasteiger partial charge in [-0.2, -0.15) is 0 Å². The van der Waals surface area contributed by atoms with Gasteiger partial charge in [0.05, 0.1) is 6.54 Å². The lowest BCUT2D eigenvalue weighted by atomic mass is 10.3. The number of aromatic nitrogens is 2. The van der Waals surface area contributed by atoms with Crippen LogP contribution in [0.4, 0.5) is 5.82 Å². The Morgan fingerprint density at radius 3 is 2.84 bits per heavy atom. The predicted molar refractivity (Wildman–Crippen MR) is 98.3 cm³/mol. The molecular weight excluding hydrogens is 316 g/mol. The number of carbonyl (C=O) groups excluding carboxylic acids is 1. The molecule has 1 amide bonds. The van der Waals surface area contributed by atoms with Crippen LogP contribution < -0.4 is 9.64 Å². The third-order valence-electron chi connectivity index (χ3n) is 4.45. The minimum atomic E-state index is -0.00527. The molecule has 6 heteroatoms. The highest BCUT2D eigenvalue weighted by molar-refractivity contribution is 5.93. The molecule has 0 bridgehead atoms. The number of amides is 1. The van der Waals surface area contributed by atoms with E-state index in [-0.39, 0.29) is 18.1 Å². The molecule has 3 rings (SSSR count). The second-order valence-electron chi connectivity index (χ2n) is 6.89. The average molecular weight is 342 g/mol. The number of hydrogen-bond donors (Lipinski definition) is 0. The van der Waals surface area contributed by atoms with E-state index < -0.39 is 0 Å². The Hall–Kier alpha value is -2.50. The summed E-state index contributed by atoms with van der Waals surface area (Å²) in [5.74, 6) is 1.64. The highest BCUT2D eigenvalue weighted by atomic mass is 16.5. The molecule has 2 aromatic rings. The van der Waals surface area contributed by atoms with Gasteiger partial charge in [-0.1, -0.05) is 0 Å². The second kappa shape index (κ2) is 7.17. The molecule has 3 heterocycles. The third-order valence-corrected chi connectivity index (χ3v) is 4.45. The standard InChI is InChI=1S/C19H26N4O2/c1-14(2)23-11-6-7-16(23)19(24)22-12-9-15(13-22)25-17-8-5-10-20-18(17)21(3)4/h5-8,10-11,14-15H,9,12-13H2,1-4H3/t15-/m1/s1. The van der Waals surface area contributed by atoms with Gasteiger partial charge in [0.15, 0.2) is 11.6 Å². The normalized spacial score (nSPS) is 17.2. The van der Waals surface area contributed by atoms with Crippen LogP contribution in [-0.2, 0) is 0 Å². The minimum Gasteiger partial charge on any atom is -0.485 e. The van der Waals surface area contributed by atoms with Gasteiger partial charge in [-0.15, -0.1) is 0 Å². The van der Waals surface area contributed by atoms with Crippen LogP contribution in [0.5, 0.6) is 5.75 Å². The van der Waals surface area contributed by atoms with Crippen molar-refractivity contribution in [3.05, 3.63) is 42.4 Å². The molecule has 0 aliphatic carbocycles. The molecule has 134 valence electrons. The average Bonchev–Trinajstić information content (AvgIpc) is 3.24. The van der Waals surface area contributed by atoms with Crippen molar-refractivity contribution >= 4 is 11.7 Å². The number of pyridine rings is 1. The fourth-order valence-corrected chi connectivity index (χ4v) is 3.19. The van der Waals surface area contributed by atoms with Crippen molar-refractivity contribution in [2.75, 3.05) is 32.1 Å². The Morgan fingerprint density at radius 2 is 2.12 bits per heavy atom. The zero-order valence-corrected chi connectivity index (χ0v) is 15.3. The first-order chi connectivity index (χ1) is 12.0. The van der Waals surface area contributed by atoms with Gasteiger partial charge >= 0.3 is 0 Å². The van der Waals surface area contributed by atoms with E-state index in [2.05, 4.69) is 18.8 Å². The fourth-order valence-electron chi connectivity index (χ4n) is 3.19.